The van der Waals surface area contributed by atoms with Crippen molar-refractivity contribution in [2.24, 2.45) is 11.8 Å². The number of nitrogens with zero attached hydrogens (tertiary/aromatic N) is 1. The zero-order valence-electron chi connectivity index (χ0n) is 13.4. The number of hydrogen-bond donors (Lipinski definition) is 1. The van der Waals surface area contributed by atoms with Gasteiger partial charge in [0, 0.05) is 29.9 Å². The van der Waals surface area contributed by atoms with Gasteiger partial charge in [0.2, 0.25) is 5.91 Å². The molecular formula is C16H26N2O2S. The molecule has 2 rings (SSSR count). The fraction of sp³-hybridized carbons (Fsp3) is 0.750. The Kier molecular flexibility index (Phi) is 5.38. The van der Waals surface area contributed by atoms with Gasteiger partial charge in [0.05, 0.1) is 12.2 Å². The van der Waals surface area contributed by atoms with Gasteiger partial charge in [-0.15, -0.1) is 11.3 Å². The first kappa shape index (κ1) is 16.4. The highest BCUT2D eigenvalue weighted by atomic mass is 32.1. The highest BCUT2D eigenvalue weighted by Gasteiger charge is 2.26. The Bertz CT molecular complexity index is 473. The molecule has 1 saturated heterocycles. The second-order valence-corrected chi connectivity index (χ2v) is 7.78. The quantitative estimate of drug-likeness (QED) is 0.929. The van der Waals surface area contributed by atoms with Gasteiger partial charge in [-0.2, -0.15) is 0 Å². The third kappa shape index (κ3) is 4.51. The van der Waals surface area contributed by atoms with Gasteiger partial charge in [-0.3, -0.25) is 4.79 Å². The zero-order chi connectivity index (χ0) is 15.5. The van der Waals surface area contributed by atoms with E-state index in [9.17, 15) is 4.79 Å². The lowest BCUT2D eigenvalue weighted by Crippen LogP contribution is -2.35. The van der Waals surface area contributed by atoms with E-state index in [1.807, 2.05) is 6.92 Å². The molecule has 1 aliphatic heterocycles. The van der Waals surface area contributed by atoms with E-state index >= 15 is 0 Å². The lowest BCUT2D eigenvalue weighted by molar-refractivity contribution is -0.127. The Morgan fingerprint density at radius 3 is 2.71 bits per heavy atom. The van der Waals surface area contributed by atoms with Crippen molar-refractivity contribution >= 4 is 17.2 Å². The number of ether oxygens (including phenoxy) is 1. The molecule has 118 valence electrons. The number of carbonyl (C=O) groups is 1. The summed E-state index contributed by atoms with van der Waals surface area (Å²) in [6.45, 7) is 10.6. The largest absolute Gasteiger partial charge is 0.381 e. The van der Waals surface area contributed by atoms with Gasteiger partial charge < -0.3 is 10.1 Å². The SMILES string of the molecule is CC(C(=O)NCc1nc(C(C)(C)C)cs1)C1CCOCC1. The minimum atomic E-state index is 0.0518. The minimum Gasteiger partial charge on any atom is -0.381 e. The maximum Gasteiger partial charge on any atom is 0.223 e. The lowest BCUT2D eigenvalue weighted by atomic mass is 9.87. The number of thiazole rings is 1. The zero-order valence-corrected chi connectivity index (χ0v) is 14.3. The Hall–Kier alpha value is -0.940. The molecular weight excluding hydrogens is 284 g/mol. The second kappa shape index (κ2) is 6.88. The van der Waals surface area contributed by atoms with E-state index in [1.54, 1.807) is 11.3 Å². The van der Waals surface area contributed by atoms with Crippen molar-refractivity contribution in [1.82, 2.24) is 10.3 Å². The molecule has 1 aliphatic rings. The van der Waals surface area contributed by atoms with E-state index in [4.69, 9.17) is 4.74 Å². The Morgan fingerprint density at radius 2 is 2.14 bits per heavy atom. The van der Waals surface area contributed by atoms with Crippen LogP contribution in [-0.4, -0.2) is 24.1 Å². The summed E-state index contributed by atoms with van der Waals surface area (Å²) in [5.41, 5.74) is 1.16. The topological polar surface area (TPSA) is 51.2 Å². The molecule has 1 amide bonds. The third-order valence-electron chi connectivity index (χ3n) is 4.12. The van der Waals surface area contributed by atoms with Crippen molar-refractivity contribution in [2.45, 2.75) is 52.5 Å². The molecule has 0 aromatic carbocycles. The van der Waals surface area contributed by atoms with Gasteiger partial charge in [-0.1, -0.05) is 27.7 Å². The summed E-state index contributed by atoms with van der Waals surface area (Å²) in [5, 5.41) is 6.09. The van der Waals surface area contributed by atoms with Gasteiger partial charge in [0.15, 0.2) is 0 Å². The van der Waals surface area contributed by atoms with Crippen LogP contribution in [0.4, 0.5) is 0 Å². The van der Waals surface area contributed by atoms with Crippen LogP contribution in [-0.2, 0) is 21.5 Å². The molecule has 0 radical (unpaired) electrons. The highest BCUT2D eigenvalue weighted by Crippen LogP contribution is 2.25. The monoisotopic (exact) mass is 310 g/mol. The van der Waals surface area contributed by atoms with Crippen molar-refractivity contribution in [3.63, 3.8) is 0 Å². The maximum absolute atomic E-state index is 12.2. The molecule has 1 aromatic rings. The fourth-order valence-electron chi connectivity index (χ4n) is 2.49. The van der Waals surface area contributed by atoms with E-state index in [0.717, 1.165) is 36.8 Å². The van der Waals surface area contributed by atoms with Crippen LogP contribution in [0.2, 0.25) is 0 Å². The van der Waals surface area contributed by atoms with Crippen LogP contribution >= 0.6 is 11.3 Å². The van der Waals surface area contributed by atoms with Crippen LogP contribution in [0.3, 0.4) is 0 Å². The van der Waals surface area contributed by atoms with E-state index in [1.165, 1.54) is 0 Å². The van der Waals surface area contributed by atoms with Crippen molar-refractivity contribution in [3.05, 3.63) is 16.1 Å². The molecule has 0 aliphatic carbocycles. The van der Waals surface area contributed by atoms with Crippen molar-refractivity contribution < 1.29 is 9.53 Å². The number of carbonyl (C=O) groups excluding carboxylic acids is 1. The molecule has 0 saturated carbocycles. The summed E-state index contributed by atoms with van der Waals surface area (Å²) in [6, 6.07) is 0. The molecule has 4 nitrogen and oxygen atoms in total. The molecule has 21 heavy (non-hydrogen) atoms. The standard InChI is InChI=1S/C16H26N2O2S/c1-11(12-5-7-20-8-6-12)15(19)17-9-14-18-13(10-21-14)16(2,3)4/h10-12H,5-9H2,1-4H3,(H,17,19). The number of nitrogens with one attached hydrogen (secondary N) is 1. The molecule has 1 fully saturated rings. The Morgan fingerprint density at radius 1 is 1.48 bits per heavy atom. The second-order valence-electron chi connectivity index (χ2n) is 6.83. The van der Waals surface area contributed by atoms with E-state index in [-0.39, 0.29) is 17.2 Å². The highest BCUT2D eigenvalue weighted by molar-refractivity contribution is 7.09. The molecule has 1 aromatic heterocycles. The molecule has 5 heteroatoms. The smallest absolute Gasteiger partial charge is 0.223 e. The third-order valence-corrected chi connectivity index (χ3v) is 4.97. The van der Waals surface area contributed by atoms with Crippen LogP contribution in [0.5, 0.6) is 0 Å². The van der Waals surface area contributed by atoms with E-state index in [0.29, 0.717) is 12.5 Å². The van der Waals surface area contributed by atoms with Crippen molar-refractivity contribution in [2.75, 3.05) is 13.2 Å². The van der Waals surface area contributed by atoms with Crippen LogP contribution in [0.1, 0.15) is 51.2 Å². The normalized spacial score (nSPS) is 18.5. The predicted molar refractivity (Wildman–Crippen MR) is 85.4 cm³/mol. The average molecular weight is 310 g/mol. The van der Waals surface area contributed by atoms with Gasteiger partial charge in [-0.25, -0.2) is 4.98 Å². The van der Waals surface area contributed by atoms with Crippen molar-refractivity contribution in [1.29, 1.82) is 0 Å². The van der Waals surface area contributed by atoms with Crippen LogP contribution in [0, 0.1) is 11.8 Å². The number of amides is 1. The summed E-state index contributed by atoms with van der Waals surface area (Å²) in [6.07, 6.45) is 1.97. The number of aromatic nitrogens is 1. The van der Waals surface area contributed by atoms with E-state index in [2.05, 4.69) is 36.5 Å². The Labute approximate surface area is 131 Å². The first-order valence-corrected chi connectivity index (χ1v) is 8.56. The van der Waals surface area contributed by atoms with Gasteiger partial charge >= 0.3 is 0 Å². The summed E-state index contributed by atoms with van der Waals surface area (Å²) < 4.78 is 5.35. The molecule has 0 spiro atoms. The van der Waals surface area contributed by atoms with Crippen LogP contribution in [0.15, 0.2) is 5.38 Å². The van der Waals surface area contributed by atoms with Gasteiger partial charge in [-0.05, 0) is 18.8 Å². The summed E-state index contributed by atoms with van der Waals surface area (Å²) in [5.74, 6) is 0.630. The summed E-state index contributed by atoms with van der Waals surface area (Å²) >= 11 is 1.62. The summed E-state index contributed by atoms with van der Waals surface area (Å²) in [4.78, 5) is 16.9. The number of rotatable bonds is 4. The van der Waals surface area contributed by atoms with Crippen molar-refractivity contribution in [3.8, 4) is 0 Å². The number of hydrogen-bond acceptors (Lipinski definition) is 4. The summed E-state index contributed by atoms with van der Waals surface area (Å²) in [7, 11) is 0. The first-order valence-electron chi connectivity index (χ1n) is 7.68. The van der Waals surface area contributed by atoms with Crippen LogP contribution in [0.25, 0.3) is 0 Å². The van der Waals surface area contributed by atoms with Crippen LogP contribution < -0.4 is 5.32 Å². The molecule has 0 bridgehead atoms. The average Bonchev–Trinajstić information content (AvgIpc) is 2.94. The fourth-order valence-corrected chi connectivity index (χ4v) is 3.45. The predicted octanol–water partition coefficient (Wildman–Crippen LogP) is 3.12. The molecule has 1 unspecified atom stereocenters. The Balaban J connectivity index is 1.84. The minimum absolute atomic E-state index is 0.0518. The lowest BCUT2D eigenvalue weighted by Gasteiger charge is -2.26. The first-order chi connectivity index (χ1) is 9.88. The molecule has 2 heterocycles. The van der Waals surface area contributed by atoms with Gasteiger partial charge in [0.25, 0.3) is 0 Å². The molecule has 1 atom stereocenters. The molecule has 1 N–H and O–H groups in total. The van der Waals surface area contributed by atoms with E-state index < -0.39 is 0 Å². The van der Waals surface area contributed by atoms with Gasteiger partial charge in [0.1, 0.15) is 5.01 Å². The maximum atomic E-state index is 12.2.